The number of benzene rings is 3. The predicted molar refractivity (Wildman–Crippen MR) is 134 cm³/mol. The van der Waals surface area contributed by atoms with E-state index in [2.05, 4.69) is 17.4 Å². The van der Waals surface area contributed by atoms with Gasteiger partial charge in [0, 0.05) is 17.3 Å². The highest BCUT2D eigenvalue weighted by Gasteiger charge is 2.19. The molecule has 0 bridgehead atoms. The summed E-state index contributed by atoms with van der Waals surface area (Å²) in [6, 6.07) is 23.0. The molecule has 0 saturated carbocycles. The van der Waals surface area contributed by atoms with Gasteiger partial charge >= 0.3 is 12.1 Å². The Balaban J connectivity index is 1.57. The summed E-state index contributed by atoms with van der Waals surface area (Å²) in [5.41, 5.74) is 3.88. The number of nitrogens with one attached hydrogen (secondary N) is 1. The number of rotatable bonds is 6. The van der Waals surface area contributed by atoms with Gasteiger partial charge in [0.1, 0.15) is 5.60 Å². The lowest BCUT2D eigenvalue weighted by atomic mass is 10.0. The lowest BCUT2D eigenvalue weighted by Crippen LogP contribution is -2.26. The molecule has 0 spiro atoms. The first kappa shape index (κ1) is 23.1. The van der Waals surface area contributed by atoms with E-state index in [1.807, 2.05) is 75.4 Å². The number of hydrogen-bond donors (Lipinski definition) is 2. The molecule has 4 aromatic rings. The number of carboxylic acids is 1. The van der Waals surface area contributed by atoms with Crippen LogP contribution in [0.25, 0.3) is 10.9 Å². The molecule has 0 fully saturated rings. The second-order valence-electron chi connectivity index (χ2n) is 9.24. The van der Waals surface area contributed by atoms with Crippen LogP contribution in [-0.2, 0) is 17.6 Å². The Bertz CT molecular complexity index is 1330. The van der Waals surface area contributed by atoms with Gasteiger partial charge in [-0.2, -0.15) is 0 Å². The van der Waals surface area contributed by atoms with Crippen molar-refractivity contribution in [3.63, 3.8) is 0 Å². The number of aryl methyl sites for hydroxylation is 2. The summed E-state index contributed by atoms with van der Waals surface area (Å²) < 4.78 is 6.94. The Morgan fingerprint density at radius 2 is 1.65 bits per heavy atom. The largest absolute Gasteiger partial charge is 0.478 e. The minimum absolute atomic E-state index is 0.204. The predicted octanol–water partition coefficient (Wildman–Crippen LogP) is 6.65. The fraction of sp³-hybridized carbons (Fsp3) is 0.214. The van der Waals surface area contributed by atoms with Crippen molar-refractivity contribution in [3.05, 3.63) is 95.7 Å². The van der Waals surface area contributed by atoms with E-state index in [1.54, 1.807) is 12.3 Å². The highest BCUT2D eigenvalue weighted by molar-refractivity contribution is 5.96. The molecule has 1 heterocycles. The monoisotopic (exact) mass is 456 g/mol. The van der Waals surface area contributed by atoms with Gasteiger partial charge in [0.25, 0.3) is 0 Å². The topological polar surface area (TPSA) is 80.6 Å². The zero-order valence-corrected chi connectivity index (χ0v) is 19.5. The summed E-state index contributed by atoms with van der Waals surface area (Å²) in [6.07, 6.45) is 2.91. The maximum atomic E-state index is 12.5. The third kappa shape index (κ3) is 5.46. The maximum Gasteiger partial charge on any atom is 0.418 e. The SMILES string of the molecule is CC(C)(C)OC(=O)n1ccc2cc(Nc3cc(CCc4ccccc4)ccc3C(=O)O)ccc21. The minimum Gasteiger partial charge on any atom is -0.478 e. The summed E-state index contributed by atoms with van der Waals surface area (Å²) in [4.78, 5) is 24.3. The first-order valence-corrected chi connectivity index (χ1v) is 11.2. The van der Waals surface area contributed by atoms with Crippen molar-refractivity contribution < 1.29 is 19.4 Å². The Kier molecular flexibility index (Phi) is 6.41. The molecule has 6 heteroatoms. The molecule has 174 valence electrons. The van der Waals surface area contributed by atoms with Crippen LogP contribution in [0.2, 0.25) is 0 Å². The number of carbonyl (C=O) groups excluding carboxylic acids is 1. The van der Waals surface area contributed by atoms with Gasteiger partial charge in [0.15, 0.2) is 0 Å². The number of anilines is 2. The van der Waals surface area contributed by atoms with Crippen molar-refractivity contribution in [3.8, 4) is 0 Å². The molecule has 0 amide bonds. The molecule has 0 unspecified atom stereocenters. The molecule has 0 atom stereocenters. The van der Waals surface area contributed by atoms with Crippen molar-refractivity contribution in [1.29, 1.82) is 0 Å². The molecule has 0 aliphatic carbocycles. The van der Waals surface area contributed by atoms with Crippen LogP contribution in [0.4, 0.5) is 16.2 Å². The van der Waals surface area contributed by atoms with Crippen molar-refractivity contribution in [2.24, 2.45) is 0 Å². The molecule has 0 saturated heterocycles. The maximum absolute atomic E-state index is 12.5. The minimum atomic E-state index is -0.991. The lowest BCUT2D eigenvalue weighted by Gasteiger charge is -2.19. The van der Waals surface area contributed by atoms with Crippen LogP contribution in [0.15, 0.2) is 79.0 Å². The summed E-state index contributed by atoms with van der Waals surface area (Å²) >= 11 is 0. The van der Waals surface area contributed by atoms with Crippen LogP contribution in [-0.4, -0.2) is 27.3 Å². The van der Waals surface area contributed by atoms with Gasteiger partial charge in [-0.1, -0.05) is 36.4 Å². The molecule has 2 N–H and O–H groups in total. The van der Waals surface area contributed by atoms with Crippen LogP contribution in [0.5, 0.6) is 0 Å². The van der Waals surface area contributed by atoms with E-state index in [1.165, 1.54) is 10.1 Å². The molecule has 1 aromatic heterocycles. The van der Waals surface area contributed by atoms with Gasteiger partial charge in [0.2, 0.25) is 0 Å². The number of nitrogens with zero attached hydrogens (tertiary/aromatic N) is 1. The van der Waals surface area contributed by atoms with E-state index >= 15 is 0 Å². The number of carbonyl (C=O) groups is 2. The van der Waals surface area contributed by atoms with Crippen molar-refractivity contribution in [1.82, 2.24) is 4.57 Å². The number of hydrogen-bond acceptors (Lipinski definition) is 4. The first-order valence-electron chi connectivity index (χ1n) is 11.2. The second-order valence-corrected chi connectivity index (χ2v) is 9.24. The lowest BCUT2D eigenvalue weighted by molar-refractivity contribution is 0.0543. The average molecular weight is 457 g/mol. The van der Waals surface area contributed by atoms with Gasteiger partial charge in [0.05, 0.1) is 16.8 Å². The van der Waals surface area contributed by atoms with Crippen LogP contribution < -0.4 is 5.32 Å². The molecule has 34 heavy (non-hydrogen) atoms. The number of aromatic nitrogens is 1. The van der Waals surface area contributed by atoms with Gasteiger partial charge in [-0.3, -0.25) is 4.57 Å². The quantitative estimate of drug-likeness (QED) is 0.339. The van der Waals surface area contributed by atoms with Gasteiger partial charge in [-0.05, 0) is 81.1 Å². The Morgan fingerprint density at radius 1 is 0.912 bits per heavy atom. The van der Waals surface area contributed by atoms with Crippen LogP contribution in [0.1, 0.15) is 42.3 Å². The molecular weight excluding hydrogens is 428 g/mol. The molecule has 0 aliphatic heterocycles. The summed E-state index contributed by atoms with van der Waals surface area (Å²) in [5.74, 6) is -0.991. The number of aromatic carboxylic acids is 1. The summed E-state index contributed by atoms with van der Waals surface area (Å²) in [7, 11) is 0. The normalized spacial score (nSPS) is 11.4. The van der Waals surface area contributed by atoms with Crippen molar-refractivity contribution >= 4 is 34.3 Å². The fourth-order valence-corrected chi connectivity index (χ4v) is 3.82. The van der Waals surface area contributed by atoms with E-state index in [0.717, 1.165) is 35.0 Å². The zero-order chi connectivity index (χ0) is 24.3. The Hall–Kier alpha value is -4.06. The van der Waals surface area contributed by atoms with Crippen LogP contribution >= 0.6 is 0 Å². The number of ether oxygens (including phenoxy) is 1. The van der Waals surface area contributed by atoms with Crippen molar-refractivity contribution in [2.75, 3.05) is 5.32 Å². The summed E-state index contributed by atoms with van der Waals surface area (Å²) in [6.45, 7) is 5.48. The zero-order valence-electron chi connectivity index (χ0n) is 19.5. The van der Waals surface area contributed by atoms with Crippen LogP contribution in [0, 0.1) is 0 Å². The number of carboxylic acid groups (broad SMARTS) is 1. The van der Waals surface area contributed by atoms with Crippen molar-refractivity contribution in [2.45, 2.75) is 39.2 Å². The third-order valence-corrected chi connectivity index (χ3v) is 5.42. The Labute approximate surface area is 198 Å². The second kappa shape index (κ2) is 9.43. The van der Waals surface area contributed by atoms with E-state index in [9.17, 15) is 14.7 Å². The van der Waals surface area contributed by atoms with Gasteiger partial charge in [-0.15, -0.1) is 0 Å². The number of fused-ring (bicyclic) bond motifs is 1. The molecule has 0 aliphatic rings. The third-order valence-electron chi connectivity index (χ3n) is 5.42. The molecule has 4 rings (SSSR count). The molecule has 3 aromatic carbocycles. The van der Waals surface area contributed by atoms with E-state index in [4.69, 9.17) is 4.74 Å². The first-order chi connectivity index (χ1) is 16.2. The molecule has 0 radical (unpaired) electrons. The van der Waals surface area contributed by atoms with Gasteiger partial charge < -0.3 is 15.2 Å². The smallest absolute Gasteiger partial charge is 0.418 e. The fourth-order valence-electron chi connectivity index (χ4n) is 3.82. The van der Waals surface area contributed by atoms with E-state index in [-0.39, 0.29) is 5.56 Å². The highest BCUT2D eigenvalue weighted by Crippen LogP contribution is 2.27. The Morgan fingerprint density at radius 3 is 2.35 bits per heavy atom. The highest BCUT2D eigenvalue weighted by atomic mass is 16.6. The van der Waals surface area contributed by atoms with E-state index in [0.29, 0.717) is 5.69 Å². The van der Waals surface area contributed by atoms with E-state index < -0.39 is 17.7 Å². The van der Waals surface area contributed by atoms with Crippen LogP contribution in [0.3, 0.4) is 0 Å². The molecule has 6 nitrogen and oxygen atoms in total. The average Bonchev–Trinajstić information content (AvgIpc) is 3.21. The molecular formula is C28H28N2O4. The standard InChI is InChI=1S/C28H28N2O4/c1-28(2,3)34-27(33)30-16-15-21-18-22(12-14-25(21)30)29-24-17-20(11-13-23(24)26(31)32)10-9-19-7-5-4-6-8-19/h4-8,11-18,29H,9-10H2,1-3H3,(H,31,32). The van der Waals surface area contributed by atoms with Gasteiger partial charge in [-0.25, -0.2) is 9.59 Å². The summed E-state index contributed by atoms with van der Waals surface area (Å²) in [5, 5.41) is 13.8.